The first-order valence-corrected chi connectivity index (χ1v) is 35.5. The Morgan fingerprint density at radius 2 is 1.05 bits per heavy atom. The molecule has 2 unspecified atom stereocenters. The topological polar surface area (TPSA) is 134 Å². The molecule has 3 N–H and O–H groups in total. The van der Waals surface area contributed by atoms with Gasteiger partial charge >= 0.3 is 226 Å². The third-order valence-corrected chi connectivity index (χ3v) is 19.2. The van der Waals surface area contributed by atoms with Crippen LogP contribution in [0.3, 0.4) is 0 Å². The molecule has 356 valence electrons. The van der Waals surface area contributed by atoms with E-state index in [0.29, 0.717) is 45.1 Å². The van der Waals surface area contributed by atoms with Crippen molar-refractivity contribution in [1.82, 2.24) is 15.0 Å². The van der Waals surface area contributed by atoms with E-state index >= 15 is 0 Å². The van der Waals surface area contributed by atoms with Crippen LogP contribution in [0.25, 0.3) is 33.8 Å². The molecule has 1 saturated carbocycles. The van der Waals surface area contributed by atoms with E-state index in [1.54, 1.807) is 0 Å². The molecular formula is C49H59F3Ge2Ir2N3O5S-3. The van der Waals surface area contributed by atoms with Gasteiger partial charge in [-0.25, -0.2) is 0 Å². The molecule has 3 aromatic carbocycles. The second-order valence-electron chi connectivity index (χ2n) is 16.6. The van der Waals surface area contributed by atoms with Crippen molar-refractivity contribution >= 4 is 45.4 Å². The van der Waals surface area contributed by atoms with Crippen molar-refractivity contribution in [2.45, 2.75) is 72.7 Å². The fourth-order valence-electron chi connectivity index (χ4n) is 6.39. The molecular weight excluding hydrogens is 1330 g/mol. The molecule has 0 aliphatic heterocycles. The van der Waals surface area contributed by atoms with Gasteiger partial charge in [0.1, 0.15) is 0 Å². The Morgan fingerprint density at radius 3 is 1.37 bits per heavy atom. The number of nitrogens with zero attached hydrogens (tertiary/aromatic N) is 3. The summed E-state index contributed by atoms with van der Waals surface area (Å²) in [6.07, 6.45) is 7.80. The fourth-order valence-corrected chi connectivity index (χ4v) is 10.7. The Labute approximate surface area is 433 Å². The summed E-state index contributed by atoms with van der Waals surface area (Å²) in [4.78, 5) is 13.2. The standard InChI is InChI=1S/C18H18N.2C14H16GeN.CHF3O3S.2CH4O.2Ir/c1-18(2)14-8-13-11-19-17(10-15(13)16(18)9-14)12-6-4-3-5-7-12;2*1-15(2,3)13-9-10-14(16-11-13)12-7-5-4-6-8-12;2-1(3,4)8(5,6)7;2*1-2;;/h3-6,10-11,14,16H,8-9H2,1-2H3;2*4-7,9-11H,1-3H3;(H,5,6,7);2*2H,1H3;;/q3*-1;;;;;/i3D,4D,5D,6D;2*4D,5D,6D,7D;;;;;. The smallest absolute Gasteiger partial charge is 0 e. The van der Waals surface area contributed by atoms with Crippen LogP contribution in [0.1, 0.15) is 53.8 Å². The van der Waals surface area contributed by atoms with Crippen LogP contribution in [-0.4, -0.2) is 84.4 Å². The van der Waals surface area contributed by atoms with Gasteiger partial charge in [0, 0.05) is 63.4 Å². The van der Waals surface area contributed by atoms with E-state index in [-0.39, 0.29) is 113 Å². The van der Waals surface area contributed by atoms with E-state index in [9.17, 15) is 13.2 Å². The summed E-state index contributed by atoms with van der Waals surface area (Å²) < 4.78 is 153. The number of aliphatic hydroxyl groups is 2. The van der Waals surface area contributed by atoms with Gasteiger partial charge in [-0.1, -0.05) is 19.9 Å². The summed E-state index contributed by atoms with van der Waals surface area (Å²) in [6, 6.07) is 15.6. The number of pyridine rings is 3. The zero-order valence-corrected chi connectivity index (χ0v) is 47.2. The minimum atomic E-state index is -5.84. The summed E-state index contributed by atoms with van der Waals surface area (Å²) in [5, 5.41) is 14.0. The van der Waals surface area contributed by atoms with Gasteiger partial charge in [0.15, 0.2) is 0 Å². The Kier molecular flexibility index (Phi) is 17.3. The second kappa shape index (κ2) is 26.6. The Hall–Kier alpha value is -2.89. The van der Waals surface area contributed by atoms with Crippen molar-refractivity contribution in [1.29, 1.82) is 0 Å². The zero-order chi connectivity index (χ0) is 57.7. The number of rotatable bonds is 5. The Bertz CT molecular complexity index is 3010. The van der Waals surface area contributed by atoms with Crippen LogP contribution in [0, 0.1) is 29.5 Å². The summed E-state index contributed by atoms with van der Waals surface area (Å²) >= 11 is -3.84. The van der Waals surface area contributed by atoms with E-state index in [1.807, 2.05) is 48.9 Å². The van der Waals surface area contributed by atoms with Crippen molar-refractivity contribution in [3.63, 3.8) is 0 Å². The number of halogens is 3. The maximum absolute atomic E-state index is 10.7. The number of alkyl halides is 3. The quantitative estimate of drug-likeness (QED) is 0.0673. The van der Waals surface area contributed by atoms with Gasteiger partial charge < -0.3 is 15.2 Å². The average molecular weight is 1400 g/mol. The molecule has 3 aliphatic rings. The normalized spacial score (nSPS) is 17.8. The first-order valence-electron chi connectivity index (χ1n) is 25.3. The van der Waals surface area contributed by atoms with E-state index in [1.165, 1.54) is 26.3 Å². The predicted molar refractivity (Wildman–Crippen MR) is 254 cm³/mol. The van der Waals surface area contributed by atoms with E-state index < -0.39 is 42.2 Å². The van der Waals surface area contributed by atoms with Crippen LogP contribution in [0.15, 0.2) is 121 Å². The number of benzene rings is 3. The molecule has 65 heavy (non-hydrogen) atoms. The van der Waals surface area contributed by atoms with Gasteiger partial charge in [0.25, 0.3) is 0 Å². The molecule has 0 spiro atoms. The van der Waals surface area contributed by atoms with Crippen molar-refractivity contribution in [2.75, 3.05) is 14.2 Å². The summed E-state index contributed by atoms with van der Waals surface area (Å²) in [7, 11) is -3.84. The van der Waals surface area contributed by atoms with E-state index in [0.717, 1.165) is 26.6 Å². The van der Waals surface area contributed by atoms with Gasteiger partial charge in [-0.05, 0) is 49.7 Å². The molecule has 2 bridgehead atoms. The fraction of sp³-hybridized carbons (Fsp3) is 0.327. The third kappa shape index (κ3) is 17.3. The number of aromatic nitrogens is 3. The average Bonchev–Trinajstić information content (AvgIpc) is 3.35. The first-order chi connectivity index (χ1) is 34.5. The molecule has 3 aromatic heterocycles. The van der Waals surface area contributed by atoms with Crippen LogP contribution in [0.4, 0.5) is 13.2 Å². The third-order valence-electron chi connectivity index (χ3n) is 10.2. The molecule has 3 heterocycles. The van der Waals surface area contributed by atoms with Gasteiger partial charge in [-0.2, -0.15) is 21.6 Å². The minimum Gasteiger partial charge on any atom is 0 e. The van der Waals surface area contributed by atoms with Crippen molar-refractivity contribution in [3.05, 3.63) is 151 Å². The van der Waals surface area contributed by atoms with Crippen LogP contribution >= 0.6 is 0 Å². The zero-order valence-electron chi connectivity index (χ0n) is 49.4. The van der Waals surface area contributed by atoms with Gasteiger partial charge in [0.05, 0.1) is 0 Å². The molecule has 8 nitrogen and oxygen atoms in total. The molecule has 0 saturated heterocycles. The van der Waals surface area contributed by atoms with Gasteiger partial charge in [-0.15, -0.1) is 35.8 Å². The summed E-state index contributed by atoms with van der Waals surface area (Å²) in [5.41, 5.74) is 0.0272. The van der Waals surface area contributed by atoms with Gasteiger partial charge in [-0.3, -0.25) is 4.55 Å². The molecule has 1 fully saturated rings. The molecule has 3 aliphatic carbocycles. The van der Waals surface area contributed by atoms with E-state index in [2.05, 4.69) is 81.5 Å². The molecule has 2 atom stereocenters. The monoisotopic (exact) mass is 1400 g/mol. The maximum atomic E-state index is 10.7. The molecule has 16 heteroatoms. The number of hydrogen-bond donors (Lipinski definition) is 3. The number of aliphatic hydroxyl groups excluding tert-OH is 2. The Morgan fingerprint density at radius 1 is 0.677 bits per heavy atom. The molecule has 9 rings (SSSR count). The molecule has 2 radical (unpaired) electrons. The minimum absolute atomic E-state index is 0. The SMILES string of the molecule is CO.CO.O=S(=O)(O)C(F)(F)F.[2H]c1[c-]c(-c2cc3c(cn2)CC2CC3C2(C)C)c([2H])c([2H])c1[2H].[2H]c1[c-]c(-c2cc[c]([Ge]([CH3])([CH3])[CH3])cn2)c([2H])c([2H])c1[2H].[2H]c1[c-]c(-c2cc[c]([Ge]([CH3])([CH3])[CH3])cn2)c([2H])c([2H])c1[2H].[Ir].[Ir]. The van der Waals surface area contributed by atoms with E-state index in [4.69, 9.17) is 39.6 Å². The molecule has 0 amide bonds. The molecule has 6 aromatic rings. The van der Waals surface area contributed by atoms with Crippen molar-refractivity contribution in [2.24, 2.45) is 11.3 Å². The van der Waals surface area contributed by atoms with Crippen LogP contribution < -0.4 is 8.79 Å². The van der Waals surface area contributed by atoms with Crippen LogP contribution in [0.5, 0.6) is 0 Å². The van der Waals surface area contributed by atoms with Crippen molar-refractivity contribution < 1.29 is 93.0 Å². The first kappa shape index (κ1) is 42.2. The number of hydrogen-bond acceptors (Lipinski definition) is 7. The van der Waals surface area contributed by atoms with Gasteiger partial charge in [0.2, 0.25) is 0 Å². The Balaban J connectivity index is 0.000000518. The van der Waals surface area contributed by atoms with Crippen LogP contribution in [0.2, 0.25) is 34.5 Å². The second-order valence-corrected chi connectivity index (χ2v) is 39.3. The van der Waals surface area contributed by atoms with Crippen molar-refractivity contribution in [3.8, 4) is 33.8 Å². The van der Waals surface area contributed by atoms with Crippen LogP contribution in [-0.2, 0) is 56.7 Å². The predicted octanol–water partition coefficient (Wildman–Crippen LogP) is 10.0. The largest absolute Gasteiger partial charge is 0 e. The maximum Gasteiger partial charge on any atom is 0 e. The summed E-state index contributed by atoms with van der Waals surface area (Å²) in [6.45, 7) is 4.63. The summed E-state index contributed by atoms with van der Waals surface area (Å²) in [5.74, 6) is 14.9.